The van der Waals surface area contributed by atoms with Gasteiger partial charge in [-0.15, -0.1) is 0 Å². The molecule has 6 heteroatoms. The fourth-order valence-electron chi connectivity index (χ4n) is 4.17. The molecule has 3 heterocycles. The van der Waals surface area contributed by atoms with Gasteiger partial charge in [-0.2, -0.15) is 5.10 Å². The summed E-state index contributed by atoms with van der Waals surface area (Å²) < 4.78 is 5.76. The van der Waals surface area contributed by atoms with Crippen LogP contribution in [0.5, 0.6) is 5.75 Å². The Morgan fingerprint density at radius 2 is 1.75 bits per heavy atom. The van der Waals surface area contributed by atoms with Crippen molar-refractivity contribution >= 4 is 5.91 Å². The Bertz CT molecular complexity index is 1200. The molecule has 0 aliphatic carbocycles. The second-order valence-electron chi connectivity index (χ2n) is 7.84. The van der Waals surface area contributed by atoms with E-state index in [1.807, 2.05) is 71.6 Å². The van der Waals surface area contributed by atoms with Crippen molar-refractivity contribution in [1.29, 1.82) is 0 Å². The van der Waals surface area contributed by atoms with Crippen LogP contribution in [0.1, 0.15) is 46.6 Å². The molecule has 1 unspecified atom stereocenters. The van der Waals surface area contributed by atoms with Gasteiger partial charge < -0.3 is 9.64 Å². The number of amides is 1. The van der Waals surface area contributed by atoms with Crippen molar-refractivity contribution in [2.75, 3.05) is 6.61 Å². The number of hydrogen-bond acceptors (Lipinski definition) is 4. The topological polar surface area (TPSA) is 71.1 Å². The van der Waals surface area contributed by atoms with Crippen molar-refractivity contribution in [3.05, 3.63) is 102 Å². The fourth-order valence-corrected chi connectivity index (χ4v) is 4.17. The van der Waals surface area contributed by atoms with Gasteiger partial charge in [-0.1, -0.05) is 49.4 Å². The van der Waals surface area contributed by atoms with Gasteiger partial charge >= 0.3 is 0 Å². The van der Waals surface area contributed by atoms with Crippen molar-refractivity contribution in [3.63, 3.8) is 0 Å². The summed E-state index contributed by atoms with van der Waals surface area (Å²) in [4.78, 5) is 19.4. The highest BCUT2D eigenvalue weighted by Crippen LogP contribution is 2.43. The molecule has 6 nitrogen and oxygen atoms in total. The maximum Gasteiger partial charge on any atom is 0.273 e. The van der Waals surface area contributed by atoms with Crippen molar-refractivity contribution in [1.82, 2.24) is 20.1 Å². The zero-order valence-electron chi connectivity index (χ0n) is 17.9. The number of ether oxygens (including phenoxy) is 1. The molecule has 1 atom stereocenters. The summed E-state index contributed by atoms with van der Waals surface area (Å²) in [5.41, 5.74) is 5.31. The quantitative estimate of drug-likeness (QED) is 0.453. The summed E-state index contributed by atoms with van der Waals surface area (Å²) in [6.45, 7) is 3.25. The number of hydrogen-bond donors (Lipinski definition) is 1. The highest BCUT2D eigenvalue weighted by atomic mass is 16.5. The molecule has 0 bridgehead atoms. The largest absolute Gasteiger partial charge is 0.494 e. The maximum absolute atomic E-state index is 13.5. The minimum atomic E-state index is -0.250. The lowest BCUT2D eigenvalue weighted by molar-refractivity contribution is 0.0730. The normalized spacial score (nSPS) is 15.1. The minimum Gasteiger partial charge on any atom is -0.494 e. The Kier molecular flexibility index (Phi) is 5.42. The molecule has 0 saturated carbocycles. The van der Waals surface area contributed by atoms with Gasteiger partial charge in [-0.25, -0.2) is 0 Å². The second kappa shape index (κ2) is 8.67. The molecular weight excluding hydrogens is 400 g/mol. The monoisotopic (exact) mass is 424 g/mol. The Morgan fingerprint density at radius 1 is 1.00 bits per heavy atom. The Hall–Kier alpha value is -3.93. The molecule has 0 spiro atoms. The summed E-state index contributed by atoms with van der Waals surface area (Å²) in [6, 6.07) is 21.6. The first-order chi connectivity index (χ1) is 15.8. The molecule has 5 rings (SSSR count). The summed E-state index contributed by atoms with van der Waals surface area (Å²) in [5.74, 6) is 0.777. The number of carbonyl (C=O) groups excluding carboxylic acids is 1. The Balaban J connectivity index is 1.58. The predicted molar refractivity (Wildman–Crippen MR) is 122 cm³/mol. The number of benzene rings is 2. The van der Waals surface area contributed by atoms with Gasteiger partial charge in [0.25, 0.3) is 5.91 Å². The van der Waals surface area contributed by atoms with Gasteiger partial charge in [0.15, 0.2) is 0 Å². The fraction of sp³-hybridized carbons (Fsp3) is 0.192. The van der Waals surface area contributed by atoms with Crippen LogP contribution in [0.2, 0.25) is 0 Å². The molecule has 32 heavy (non-hydrogen) atoms. The first-order valence-electron chi connectivity index (χ1n) is 10.8. The van der Waals surface area contributed by atoms with E-state index in [9.17, 15) is 4.79 Å². The van der Waals surface area contributed by atoms with Crippen LogP contribution < -0.4 is 4.74 Å². The smallest absolute Gasteiger partial charge is 0.273 e. The lowest BCUT2D eigenvalue weighted by Crippen LogP contribution is -2.29. The van der Waals surface area contributed by atoms with Crippen LogP contribution in [0.3, 0.4) is 0 Å². The second-order valence-corrected chi connectivity index (χ2v) is 7.84. The van der Waals surface area contributed by atoms with Crippen LogP contribution in [0.25, 0.3) is 11.3 Å². The third-order valence-corrected chi connectivity index (χ3v) is 5.68. The number of aromatic nitrogens is 3. The van der Waals surface area contributed by atoms with Crippen molar-refractivity contribution in [2.24, 2.45) is 0 Å². The van der Waals surface area contributed by atoms with E-state index >= 15 is 0 Å². The van der Waals surface area contributed by atoms with E-state index in [-0.39, 0.29) is 11.9 Å². The van der Waals surface area contributed by atoms with Crippen LogP contribution in [0.15, 0.2) is 79.1 Å². The van der Waals surface area contributed by atoms with E-state index in [1.54, 1.807) is 12.4 Å². The van der Waals surface area contributed by atoms with Crippen molar-refractivity contribution < 1.29 is 9.53 Å². The van der Waals surface area contributed by atoms with Crippen LogP contribution in [0.4, 0.5) is 0 Å². The molecule has 160 valence electrons. The number of rotatable bonds is 7. The third kappa shape index (κ3) is 3.64. The molecule has 2 aromatic heterocycles. The molecule has 2 aromatic carbocycles. The van der Waals surface area contributed by atoms with Gasteiger partial charge in [-0.3, -0.25) is 14.9 Å². The number of carbonyl (C=O) groups is 1. The van der Waals surface area contributed by atoms with E-state index in [1.165, 1.54) is 0 Å². The van der Waals surface area contributed by atoms with Crippen LogP contribution >= 0.6 is 0 Å². The number of pyridine rings is 1. The number of H-pyrrole nitrogens is 1. The van der Waals surface area contributed by atoms with E-state index in [0.717, 1.165) is 40.1 Å². The van der Waals surface area contributed by atoms with Crippen molar-refractivity contribution in [3.8, 4) is 17.0 Å². The average molecular weight is 425 g/mol. The third-order valence-electron chi connectivity index (χ3n) is 5.68. The lowest BCUT2D eigenvalue weighted by atomic mass is 9.96. The van der Waals surface area contributed by atoms with Gasteiger partial charge in [0.1, 0.15) is 11.4 Å². The number of nitrogens with one attached hydrogen (secondary N) is 1. The Morgan fingerprint density at radius 3 is 2.47 bits per heavy atom. The summed E-state index contributed by atoms with van der Waals surface area (Å²) in [5, 5.41) is 7.54. The molecule has 1 aliphatic heterocycles. The highest BCUT2D eigenvalue weighted by Gasteiger charge is 2.42. The average Bonchev–Trinajstić information content (AvgIpc) is 3.39. The van der Waals surface area contributed by atoms with Crippen LogP contribution in [-0.4, -0.2) is 32.6 Å². The minimum absolute atomic E-state index is 0.0530. The summed E-state index contributed by atoms with van der Waals surface area (Å²) in [6.07, 6.45) is 4.46. The van der Waals surface area contributed by atoms with E-state index in [2.05, 4.69) is 22.1 Å². The molecule has 1 amide bonds. The standard InChI is InChI=1S/C26H24N4O2/c1-2-16-32-21-10-8-20(9-11-21)25-22-23(19-6-4-3-5-7-19)28-29-24(22)26(31)30(25)17-18-12-14-27-15-13-18/h3-15,25H,2,16-17H2,1H3,(H,28,29). The van der Waals surface area contributed by atoms with Gasteiger partial charge in [0.2, 0.25) is 0 Å². The first kappa shape index (κ1) is 20.0. The zero-order chi connectivity index (χ0) is 21.9. The number of fused-ring (bicyclic) bond motifs is 1. The van der Waals surface area contributed by atoms with Gasteiger partial charge in [0, 0.05) is 30.1 Å². The molecule has 1 aliphatic rings. The summed E-state index contributed by atoms with van der Waals surface area (Å²) >= 11 is 0. The molecule has 4 aromatic rings. The number of aromatic amines is 1. The molecule has 0 fully saturated rings. The Labute approximate surface area is 186 Å². The SMILES string of the molecule is CCCOc1ccc(C2c3c(-c4ccccc4)n[nH]c3C(=O)N2Cc2ccncc2)cc1. The van der Waals surface area contributed by atoms with E-state index in [0.29, 0.717) is 18.8 Å². The highest BCUT2D eigenvalue weighted by molar-refractivity contribution is 6.00. The molecular formula is C26H24N4O2. The maximum atomic E-state index is 13.5. The van der Waals surface area contributed by atoms with E-state index < -0.39 is 0 Å². The molecule has 1 N–H and O–H groups in total. The molecule has 0 radical (unpaired) electrons. The van der Waals surface area contributed by atoms with Gasteiger partial charge in [-0.05, 0) is 41.8 Å². The predicted octanol–water partition coefficient (Wildman–Crippen LogP) is 5.01. The van der Waals surface area contributed by atoms with Crippen LogP contribution in [-0.2, 0) is 6.54 Å². The van der Waals surface area contributed by atoms with Crippen molar-refractivity contribution in [2.45, 2.75) is 25.9 Å². The first-order valence-corrected chi connectivity index (χ1v) is 10.8. The van der Waals surface area contributed by atoms with E-state index in [4.69, 9.17) is 4.74 Å². The molecule has 0 saturated heterocycles. The zero-order valence-corrected chi connectivity index (χ0v) is 17.9. The van der Waals surface area contributed by atoms with Crippen LogP contribution in [0, 0.1) is 0 Å². The van der Waals surface area contributed by atoms with Gasteiger partial charge in [0.05, 0.1) is 18.3 Å². The number of nitrogens with zero attached hydrogens (tertiary/aromatic N) is 3. The summed E-state index contributed by atoms with van der Waals surface area (Å²) in [7, 11) is 0. The lowest BCUT2D eigenvalue weighted by Gasteiger charge is -2.26.